The van der Waals surface area contributed by atoms with Crippen molar-refractivity contribution in [3.8, 4) is 0 Å². The standard InChI is InChI=1S/C16H19N3S/c1-4-12-7-5-6-11(3)14(12)19-16-13(15(17)20)10(2)8-9-18-16/h5-9H,4H2,1-3H3,(H2,17,20)(H,18,19). The largest absolute Gasteiger partial charge is 0.389 e. The molecule has 0 unspecified atom stereocenters. The highest BCUT2D eigenvalue weighted by molar-refractivity contribution is 7.80. The number of rotatable bonds is 4. The fraction of sp³-hybridized carbons (Fsp3) is 0.250. The summed E-state index contributed by atoms with van der Waals surface area (Å²) in [6.07, 6.45) is 2.72. The van der Waals surface area contributed by atoms with Gasteiger partial charge in [0.1, 0.15) is 10.8 Å². The molecule has 0 aliphatic carbocycles. The molecular formula is C16H19N3S. The molecule has 0 amide bonds. The van der Waals surface area contributed by atoms with Crippen LogP contribution in [0.25, 0.3) is 0 Å². The van der Waals surface area contributed by atoms with Crippen molar-refractivity contribution in [2.45, 2.75) is 27.2 Å². The highest BCUT2D eigenvalue weighted by Crippen LogP contribution is 2.27. The molecule has 0 bridgehead atoms. The monoisotopic (exact) mass is 285 g/mol. The maximum absolute atomic E-state index is 5.83. The number of thiocarbonyl (C=S) groups is 1. The summed E-state index contributed by atoms with van der Waals surface area (Å²) in [5.41, 5.74) is 11.2. The van der Waals surface area contributed by atoms with Crippen LogP contribution in [0.15, 0.2) is 30.5 Å². The lowest BCUT2D eigenvalue weighted by atomic mass is 10.0. The summed E-state index contributed by atoms with van der Waals surface area (Å²) in [6, 6.07) is 8.18. The van der Waals surface area contributed by atoms with Crippen LogP contribution < -0.4 is 11.1 Å². The van der Waals surface area contributed by atoms with E-state index in [-0.39, 0.29) is 0 Å². The Morgan fingerprint density at radius 3 is 2.65 bits per heavy atom. The van der Waals surface area contributed by atoms with E-state index < -0.39 is 0 Å². The summed E-state index contributed by atoms with van der Waals surface area (Å²) in [5, 5.41) is 3.40. The first-order valence-corrected chi connectivity index (χ1v) is 7.06. The first kappa shape index (κ1) is 14.5. The van der Waals surface area contributed by atoms with Crippen molar-refractivity contribution in [3.05, 3.63) is 52.7 Å². The van der Waals surface area contributed by atoms with Gasteiger partial charge in [0.05, 0.1) is 5.56 Å². The fourth-order valence-electron chi connectivity index (χ4n) is 2.28. The Labute approximate surface area is 125 Å². The maximum atomic E-state index is 5.83. The van der Waals surface area contributed by atoms with Crippen molar-refractivity contribution < 1.29 is 0 Å². The molecule has 0 spiro atoms. The third-order valence-corrected chi connectivity index (χ3v) is 3.59. The normalized spacial score (nSPS) is 10.3. The Bertz CT molecular complexity index is 650. The highest BCUT2D eigenvalue weighted by atomic mass is 32.1. The Hall–Kier alpha value is -1.94. The van der Waals surface area contributed by atoms with Crippen molar-refractivity contribution in [3.63, 3.8) is 0 Å². The molecule has 0 aliphatic heterocycles. The third kappa shape index (κ3) is 2.80. The summed E-state index contributed by atoms with van der Waals surface area (Å²) in [4.78, 5) is 4.76. The van der Waals surface area contributed by atoms with E-state index in [1.807, 2.05) is 13.0 Å². The number of para-hydroxylation sites is 1. The Morgan fingerprint density at radius 1 is 1.25 bits per heavy atom. The first-order chi connectivity index (χ1) is 9.54. The van der Waals surface area contributed by atoms with Crippen molar-refractivity contribution in [1.29, 1.82) is 0 Å². The lowest BCUT2D eigenvalue weighted by molar-refractivity contribution is 1.13. The molecule has 104 valence electrons. The van der Waals surface area contributed by atoms with Crippen molar-refractivity contribution in [2.24, 2.45) is 5.73 Å². The van der Waals surface area contributed by atoms with E-state index in [1.54, 1.807) is 6.20 Å². The van der Waals surface area contributed by atoms with Crippen LogP contribution in [0, 0.1) is 13.8 Å². The van der Waals surface area contributed by atoms with Crippen LogP contribution in [0.1, 0.15) is 29.2 Å². The molecular weight excluding hydrogens is 266 g/mol. The van der Waals surface area contributed by atoms with Gasteiger partial charge in [-0.25, -0.2) is 4.98 Å². The minimum absolute atomic E-state index is 0.365. The van der Waals surface area contributed by atoms with E-state index in [1.165, 1.54) is 11.1 Å². The van der Waals surface area contributed by atoms with E-state index in [0.29, 0.717) is 4.99 Å². The van der Waals surface area contributed by atoms with Crippen LogP contribution in [-0.2, 0) is 6.42 Å². The van der Waals surface area contributed by atoms with Gasteiger partial charge in [0.2, 0.25) is 0 Å². The van der Waals surface area contributed by atoms with E-state index in [9.17, 15) is 0 Å². The molecule has 2 rings (SSSR count). The van der Waals surface area contributed by atoms with Gasteiger partial charge in [0.15, 0.2) is 0 Å². The molecule has 1 aromatic carbocycles. The minimum atomic E-state index is 0.365. The van der Waals surface area contributed by atoms with Crippen LogP contribution in [0.2, 0.25) is 0 Å². The van der Waals surface area contributed by atoms with Crippen LogP contribution in [0.3, 0.4) is 0 Å². The number of aryl methyl sites for hydroxylation is 3. The minimum Gasteiger partial charge on any atom is -0.389 e. The molecule has 0 atom stereocenters. The SMILES string of the molecule is CCc1cccc(C)c1Nc1nccc(C)c1C(N)=S. The number of nitrogens with one attached hydrogen (secondary N) is 1. The second kappa shape index (κ2) is 6.01. The Balaban J connectivity index is 2.51. The van der Waals surface area contributed by atoms with Crippen molar-refractivity contribution in [1.82, 2.24) is 4.98 Å². The molecule has 4 heteroatoms. The van der Waals surface area contributed by atoms with E-state index in [2.05, 4.69) is 42.3 Å². The number of pyridine rings is 1. The molecule has 0 saturated carbocycles. The summed E-state index contributed by atoms with van der Waals surface area (Å²) < 4.78 is 0. The Morgan fingerprint density at radius 2 is 2.00 bits per heavy atom. The van der Waals surface area contributed by atoms with Gasteiger partial charge in [-0.15, -0.1) is 0 Å². The van der Waals surface area contributed by atoms with Crippen molar-refractivity contribution >= 4 is 28.7 Å². The zero-order valence-electron chi connectivity index (χ0n) is 12.0. The molecule has 1 aromatic heterocycles. The molecule has 0 aliphatic rings. The van der Waals surface area contributed by atoms with Crippen LogP contribution >= 0.6 is 12.2 Å². The predicted molar refractivity (Wildman–Crippen MR) is 88.7 cm³/mol. The number of nitrogens with two attached hydrogens (primary N) is 1. The predicted octanol–water partition coefficient (Wildman–Crippen LogP) is 3.64. The molecule has 3 nitrogen and oxygen atoms in total. The van der Waals surface area contributed by atoms with Crippen molar-refractivity contribution in [2.75, 3.05) is 5.32 Å². The number of hydrogen-bond acceptors (Lipinski definition) is 3. The molecule has 0 fully saturated rings. The average molecular weight is 285 g/mol. The summed E-state index contributed by atoms with van der Waals surface area (Å²) in [5.74, 6) is 0.724. The maximum Gasteiger partial charge on any atom is 0.140 e. The highest BCUT2D eigenvalue weighted by Gasteiger charge is 2.12. The van der Waals surface area contributed by atoms with Gasteiger partial charge < -0.3 is 11.1 Å². The zero-order chi connectivity index (χ0) is 14.7. The van der Waals surface area contributed by atoms with Gasteiger partial charge in [-0.3, -0.25) is 0 Å². The second-order valence-electron chi connectivity index (χ2n) is 4.80. The quantitative estimate of drug-likeness (QED) is 0.842. The smallest absolute Gasteiger partial charge is 0.140 e. The summed E-state index contributed by atoms with van der Waals surface area (Å²) in [7, 11) is 0. The number of hydrogen-bond donors (Lipinski definition) is 2. The van der Waals surface area contributed by atoms with Crippen LogP contribution in [0.5, 0.6) is 0 Å². The third-order valence-electron chi connectivity index (χ3n) is 3.39. The van der Waals surface area contributed by atoms with Crippen LogP contribution in [0.4, 0.5) is 11.5 Å². The van der Waals surface area contributed by atoms with E-state index >= 15 is 0 Å². The summed E-state index contributed by atoms with van der Waals surface area (Å²) >= 11 is 5.15. The molecule has 3 N–H and O–H groups in total. The number of benzene rings is 1. The van der Waals surface area contributed by atoms with E-state index in [4.69, 9.17) is 18.0 Å². The molecule has 2 aromatic rings. The average Bonchev–Trinajstić information content (AvgIpc) is 2.40. The first-order valence-electron chi connectivity index (χ1n) is 6.65. The second-order valence-corrected chi connectivity index (χ2v) is 5.24. The summed E-state index contributed by atoms with van der Waals surface area (Å²) in [6.45, 7) is 6.20. The van der Waals surface area contributed by atoms with Gasteiger partial charge >= 0.3 is 0 Å². The molecule has 1 heterocycles. The lowest BCUT2D eigenvalue weighted by Gasteiger charge is -2.16. The van der Waals surface area contributed by atoms with Gasteiger partial charge in [-0.05, 0) is 43.0 Å². The lowest BCUT2D eigenvalue weighted by Crippen LogP contribution is -2.15. The topological polar surface area (TPSA) is 50.9 Å². The molecule has 0 saturated heterocycles. The van der Waals surface area contributed by atoms with Crippen LogP contribution in [-0.4, -0.2) is 9.97 Å². The number of anilines is 2. The molecule has 0 radical (unpaired) electrons. The number of nitrogens with zero attached hydrogens (tertiary/aromatic N) is 1. The van der Waals surface area contributed by atoms with Gasteiger partial charge in [0.25, 0.3) is 0 Å². The van der Waals surface area contributed by atoms with E-state index in [0.717, 1.165) is 29.1 Å². The van der Waals surface area contributed by atoms with Gasteiger partial charge in [0, 0.05) is 11.9 Å². The Kier molecular flexibility index (Phi) is 4.35. The zero-order valence-corrected chi connectivity index (χ0v) is 12.8. The number of aromatic nitrogens is 1. The van der Waals surface area contributed by atoms with Gasteiger partial charge in [-0.1, -0.05) is 37.3 Å². The molecule has 20 heavy (non-hydrogen) atoms. The van der Waals surface area contributed by atoms with Gasteiger partial charge in [-0.2, -0.15) is 0 Å². The fourth-order valence-corrected chi connectivity index (χ4v) is 2.54.